The minimum Gasteiger partial charge on any atom is -0.241 e. The largest absolute Gasteiger partial charge is 0.241 e. The first-order valence-electron chi connectivity index (χ1n) is 7.55. The van der Waals surface area contributed by atoms with Crippen LogP contribution in [0, 0.1) is 17.8 Å². The minimum atomic E-state index is 0.468. The topological polar surface area (TPSA) is 17.8 Å². The van der Waals surface area contributed by atoms with Crippen molar-refractivity contribution in [2.24, 2.45) is 17.8 Å². The zero-order chi connectivity index (χ0) is 13.5. The van der Waals surface area contributed by atoms with Gasteiger partial charge in [-0.15, -0.1) is 0 Å². The van der Waals surface area contributed by atoms with Crippen LogP contribution in [-0.4, -0.2) is 9.78 Å². The maximum Gasteiger partial charge on any atom is 0.0645 e. The van der Waals surface area contributed by atoms with Crippen LogP contribution in [0.5, 0.6) is 0 Å². The van der Waals surface area contributed by atoms with Gasteiger partial charge >= 0.3 is 0 Å². The van der Waals surface area contributed by atoms with Gasteiger partial charge in [-0.2, -0.15) is 5.10 Å². The number of halogens is 1. The summed E-state index contributed by atoms with van der Waals surface area (Å²) in [5, 5.41) is 4.53. The molecule has 2 aliphatic carbocycles. The van der Waals surface area contributed by atoms with Gasteiger partial charge in [-0.1, -0.05) is 40.5 Å². The van der Waals surface area contributed by atoms with Crippen LogP contribution in [0.3, 0.4) is 0 Å². The van der Waals surface area contributed by atoms with Crippen molar-refractivity contribution in [2.45, 2.75) is 30.5 Å². The average molecular weight is 331 g/mol. The van der Waals surface area contributed by atoms with Crippen LogP contribution >= 0.6 is 15.9 Å². The van der Waals surface area contributed by atoms with Gasteiger partial charge in [0.2, 0.25) is 0 Å². The van der Waals surface area contributed by atoms with Crippen LogP contribution in [0.2, 0.25) is 0 Å². The first-order valence-corrected chi connectivity index (χ1v) is 8.47. The van der Waals surface area contributed by atoms with E-state index in [1.165, 1.54) is 31.2 Å². The van der Waals surface area contributed by atoms with E-state index >= 15 is 0 Å². The highest BCUT2D eigenvalue weighted by atomic mass is 79.9. The molecule has 2 aromatic rings. The van der Waals surface area contributed by atoms with E-state index in [1.54, 1.807) is 0 Å². The van der Waals surface area contributed by atoms with E-state index in [-0.39, 0.29) is 0 Å². The summed E-state index contributed by atoms with van der Waals surface area (Å²) < 4.78 is 1.98. The Hall–Kier alpha value is -1.09. The van der Waals surface area contributed by atoms with E-state index in [9.17, 15) is 0 Å². The zero-order valence-corrected chi connectivity index (χ0v) is 13.0. The second-order valence-electron chi connectivity index (χ2n) is 6.29. The number of benzene rings is 1. The highest BCUT2D eigenvalue weighted by Crippen LogP contribution is 2.54. The molecule has 2 bridgehead atoms. The molecule has 4 rings (SSSR count). The summed E-state index contributed by atoms with van der Waals surface area (Å²) in [5.41, 5.74) is 2.46. The maximum absolute atomic E-state index is 4.53. The molecule has 2 saturated carbocycles. The molecule has 0 radical (unpaired) electrons. The smallest absolute Gasteiger partial charge is 0.0645 e. The fourth-order valence-corrected chi connectivity index (χ4v) is 4.98. The molecule has 2 fully saturated rings. The predicted octanol–water partition coefficient (Wildman–Crippen LogP) is 4.74. The SMILES string of the molecule is BrC(c1cnn(-c2ccccc2)c1)C1CC2CCC1C2. The minimum absolute atomic E-state index is 0.468. The molecule has 4 atom stereocenters. The third-order valence-electron chi connectivity index (χ3n) is 5.11. The number of fused-ring (bicyclic) bond motifs is 2. The van der Waals surface area contributed by atoms with Crippen molar-refractivity contribution in [3.8, 4) is 5.69 Å². The van der Waals surface area contributed by atoms with Gasteiger partial charge in [0.05, 0.1) is 11.9 Å². The predicted molar refractivity (Wildman–Crippen MR) is 84.2 cm³/mol. The second-order valence-corrected chi connectivity index (χ2v) is 7.28. The summed E-state index contributed by atoms with van der Waals surface area (Å²) in [6.45, 7) is 0. The molecule has 0 aliphatic heterocycles. The van der Waals surface area contributed by atoms with Crippen LogP contribution in [0.4, 0.5) is 0 Å². The van der Waals surface area contributed by atoms with Crippen molar-refractivity contribution in [1.82, 2.24) is 9.78 Å². The van der Waals surface area contributed by atoms with Crippen molar-refractivity contribution in [2.75, 3.05) is 0 Å². The fourth-order valence-electron chi connectivity index (χ4n) is 4.10. The first-order chi connectivity index (χ1) is 9.81. The Bertz CT molecular complexity index is 592. The molecule has 4 unspecified atom stereocenters. The molecule has 1 heterocycles. The Morgan fingerprint density at radius 1 is 1.15 bits per heavy atom. The van der Waals surface area contributed by atoms with Gasteiger partial charge < -0.3 is 0 Å². The van der Waals surface area contributed by atoms with Crippen LogP contribution < -0.4 is 0 Å². The molecule has 0 spiro atoms. The first kappa shape index (κ1) is 12.6. The normalized spacial score (nSPS) is 29.8. The van der Waals surface area contributed by atoms with Crippen LogP contribution in [0.25, 0.3) is 5.69 Å². The maximum atomic E-state index is 4.53. The van der Waals surface area contributed by atoms with Crippen molar-refractivity contribution in [3.05, 3.63) is 48.3 Å². The lowest BCUT2D eigenvalue weighted by atomic mass is 9.85. The highest BCUT2D eigenvalue weighted by Gasteiger charge is 2.42. The third-order valence-corrected chi connectivity index (χ3v) is 6.32. The Kier molecular flexibility index (Phi) is 3.18. The van der Waals surface area contributed by atoms with Crippen LogP contribution in [0.1, 0.15) is 36.1 Å². The van der Waals surface area contributed by atoms with Gasteiger partial charge in [-0.3, -0.25) is 0 Å². The summed E-state index contributed by atoms with van der Waals surface area (Å²) in [5.74, 6) is 2.74. The van der Waals surface area contributed by atoms with E-state index in [0.29, 0.717) is 4.83 Å². The highest BCUT2D eigenvalue weighted by molar-refractivity contribution is 9.09. The Morgan fingerprint density at radius 2 is 2.00 bits per heavy atom. The van der Waals surface area contributed by atoms with E-state index in [2.05, 4.69) is 51.5 Å². The number of alkyl halides is 1. The van der Waals surface area contributed by atoms with Crippen molar-refractivity contribution >= 4 is 15.9 Å². The standard InChI is InChI=1S/C17H19BrN2/c18-17(16-9-12-6-7-13(16)8-12)14-10-19-20(11-14)15-4-2-1-3-5-15/h1-5,10-13,16-17H,6-9H2. The average Bonchev–Trinajstić information content (AvgIpc) is 3.23. The van der Waals surface area contributed by atoms with Crippen LogP contribution in [-0.2, 0) is 0 Å². The van der Waals surface area contributed by atoms with Gasteiger partial charge in [0.1, 0.15) is 0 Å². The van der Waals surface area contributed by atoms with E-state index < -0.39 is 0 Å². The third kappa shape index (κ3) is 2.12. The van der Waals surface area contributed by atoms with E-state index in [0.717, 1.165) is 23.4 Å². The van der Waals surface area contributed by atoms with Gasteiger partial charge in [0.15, 0.2) is 0 Å². The van der Waals surface area contributed by atoms with Crippen molar-refractivity contribution in [3.63, 3.8) is 0 Å². The monoisotopic (exact) mass is 330 g/mol. The molecule has 3 heteroatoms. The van der Waals surface area contributed by atoms with E-state index in [4.69, 9.17) is 0 Å². The van der Waals surface area contributed by atoms with Gasteiger partial charge in [0, 0.05) is 16.6 Å². The lowest BCUT2D eigenvalue weighted by Gasteiger charge is -2.25. The summed E-state index contributed by atoms with van der Waals surface area (Å²) >= 11 is 3.95. The second kappa shape index (κ2) is 5.03. The Morgan fingerprint density at radius 3 is 2.70 bits per heavy atom. The van der Waals surface area contributed by atoms with Gasteiger partial charge in [-0.25, -0.2) is 4.68 Å². The molecule has 1 aromatic carbocycles. The number of nitrogens with zero attached hydrogens (tertiary/aromatic N) is 2. The molecular weight excluding hydrogens is 312 g/mol. The number of aromatic nitrogens is 2. The Labute approximate surface area is 128 Å². The quantitative estimate of drug-likeness (QED) is 0.743. The number of hydrogen-bond donors (Lipinski definition) is 0. The molecule has 1 aromatic heterocycles. The summed E-state index contributed by atoms with van der Waals surface area (Å²) in [6.07, 6.45) is 9.96. The van der Waals surface area contributed by atoms with Crippen molar-refractivity contribution < 1.29 is 0 Å². The molecule has 2 nitrogen and oxygen atoms in total. The summed E-state index contributed by atoms with van der Waals surface area (Å²) in [7, 11) is 0. The fraction of sp³-hybridized carbons (Fsp3) is 0.471. The zero-order valence-electron chi connectivity index (χ0n) is 11.5. The van der Waals surface area contributed by atoms with E-state index in [1.807, 2.05) is 16.9 Å². The summed E-state index contributed by atoms with van der Waals surface area (Å²) in [6, 6.07) is 10.3. The lowest BCUT2D eigenvalue weighted by Crippen LogP contribution is -2.15. The molecule has 20 heavy (non-hydrogen) atoms. The molecular formula is C17H19BrN2. The Balaban J connectivity index is 1.56. The molecule has 0 amide bonds. The van der Waals surface area contributed by atoms with Gasteiger partial charge in [-0.05, 0) is 49.1 Å². The molecule has 0 N–H and O–H groups in total. The number of rotatable bonds is 3. The molecule has 2 aliphatic rings. The molecule has 0 saturated heterocycles. The molecule has 104 valence electrons. The number of para-hydroxylation sites is 1. The lowest BCUT2D eigenvalue weighted by molar-refractivity contribution is 0.329. The van der Waals surface area contributed by atoms with Crippen LogP contribution in [0.15, 0.2) is 42.7 Å². The number of hydrogen-bond acceptors (Lipinski definition) is 1. The summed E-state index contributed by atoms with van der Waals surface area (Å²) in [4.78, 5) is 0.468. The van der Waals surface area contributed by atoms with Gasteiger partial charge in [0.25, 0.3) is 0 Å². The van der Waals surface area contributed by atoms with Crippen molar-refractivity contribution in [1.29, 1.82) is 0 Å².